The maximum absolute atomic E-state index is 5.89. The predicted octanol–water partition coefficient (Wildman–Crippen LogP) is 3.56. The Morgan fingerprint density at radius 2 is 1.94 bits per heavy atom. The molecular formula is C15H31NO. The van der Waals surface area contributed by atoms with Crippen LogP contribution in [0.15, 0.2) is 0 Å². The summed E-state index contributed by atoms with van der Waals surface area (Å²) >= 11 is 0. The summed E-state index contributed by atoms with van der Waals surface area (Å²) < 4.78 is 5.89. The van der Waals surface area contributed by atoms with Crippen LogP contribution in [0.25, 0.3) is 0 Å². The molecule has 0 spiro atoms. The predicted molar refractivity (Wildman–Crippen MR) is 74.3 cm³/mol. The van der Waals surface area contributed by atoms with Gasteiger partial charge in [-0.3, -0.25) is 0 Å². The minimum Gasteiger partial charge on any atom is -0.378 e. The summed E-state index contributed by atoms with van der Waals surface area (Å²) in [6.45, 7) is 10.2. The molecule has 1 rings (SSSR count). The molecule has 1 aliphatic carbocycles. The zero-order chi connectivity index (χ0) is 12.7. The Balaban J connectivity index is 1.89. The van der Waals surface area contributed by atoms with Crippen LogP contribution in [0.1, 0.15) is 52.9 Å². The van der Waals surface area contributed by atoms with E-state index < -0.39 is 0 Å². The van der Waals surface area contributed by atoms with Crippen molar-refractivity contribution in [3.63, 3.8) is 0 Å². The molecule has 0 aromatic rings. The minimum atomic E-state index is 0.579. The van der Waals surface area contributed by atoms with E-state index in [2.05, 4.69) is 32.7 Å². The number of nitrogens with zero attached hydrogens (tertiary/aromatic N) is 1. The van der Waals surface area contributed by atoms with E-state index in [0.717, 1.165) is 18.4 Å². The average molecular weight is 241 g/mol. The third-order valence-electron chi connectivity index (χ3n) is 3.64. The maximum Gasteiger partial charge on any atom is 0.0580 e. The molecular weight excluding hydrogens is 210 g/mol. The summed E-state index contributed by atoms with van der Waals surface area (Å²) in [5.74, 6) is 1.80. The average Bonchev–Trinajstić information content (AvgIpc) is 2.19. The topological polar surface area (TPSA) is 12.5 Å². The smallest absolute Gasteiger partial charge is 0.0580 e. The lowest BCUT2D eigenvalue weighted by Crippen LogP contribution is -2.33. The second kappa shape index (κ2) is 8.10. The first-order valence-corrected chi connectivity index (χ1v) is 7.42. The second-order valence-electron chi connectivity index (χ2n) is 6.12. The van der Waals surface area contributed by atoms with Crippen molar-refractivity contribution in [1.29, 1.82) is 0 Å². The number of hydrogen-bond donors (Lipinski definition) is 0. The van der Waals surface area contributed by atoms with Crippen LogP contribution in [0.3, 0.4) is 0 Å². The van der Waals surface area contributed by atoms with Crippen molar-refractivity contribution in [2.75, 3.05) is 26.7 Å². The molecule has 0 aromatic carbocycles. The van der Waals surface area contributed by atoms with Crippen molar-refractivity contribution in [2.45, 2.75) is 59.0 Å². The fraction of sp³-hybridized carbons (Fsp3) is 1.00. The van der Waals surface area contributed by atoms with Gasteiger partial charge in [-0.05, 0) is 57.5 Å². The van der Waals surface area contributed by atoms with Gasteiger partial charge in [0, 0.05) is 13.2 Å². The van der Waals surface area contributed by atoms with Crippen LogP contribution in [-0.2, 0) is 4.74 Å². The molecule has 17 heavy (non-hydrogen) atoms. The SMILES string of the molecule is CCCN(C)CCCOC1CC(CC(C)C)C1. The van der Waals surface area contributed by atoms with E-state index in [0.29, 0.717) is 6.10 Å². The van der Waals surface area contributed by atoms with Crippen LogP contribution in [-0.4, -0.2) is 37.7 Å². The lowest BCUT2D eigenvalue weighted by Gasteiger charge is -2.36. The lowest BCUT2D eigenvalue weighted by atomic mass is 9.77. The summed E-state index contributed by atoms with van der Waals surface area (Å²) in [6, 6.07) is 0. The monoisotopic (exact) mass is 241 g/mol. The van der Waals surface area contributed by atoms with Gasteiger partial charge in [0.2, 0.25) is 0 Å². The van der Waals surface area contributed by atoms with E-state index in [9.17, 15) is 0 Å². The Kier molecular flexibility index (Phi) is 7.14. The Bertz CT molecular complexity index is 187. The van der Waals surface area contributed by atoms with Gasteiger partial charge in [0.25, 0.3) is 0 Å². The quantitative estimate of drug-likeness (QED) is 0.572. The van der Waals surface area contributed by atoms with Gasteiger partial charge in [0.05, 0.1) is 6.10 Å². The molecule has 0 heterocycles. The molecule has 0 amide bonds. The minimum absolute atomic E-state index is 0.579. The van der Waals surface area contributed by atoms with Gasteiger partial charge in [-0.2, -0.15) is 0 Å². The second-order valence-corrected chi connectivity index (χ2v) is 6.12. The molecule has 0 bridgehead atoms. The molecule has 0 N–H and O–H groups in total. The molecule has 0 unspecified atom stereocenters. The molecule has 0 atom stereocenters. The maximum atomic E-state index is 5.89. The summed E-state index contributed by atoms with van der Waals surface area (Å²) in [6.07, 6.45) is 7.01. The first kappa shape index (κ1) is 15.0. The van der Waals surface area contributed by atoms with Crippen molar-refractivity contribution in [2.24, 2.45) is 11.8 Å². The summed E-state index contributed by atoms with van der Waals surface area (Å²) in [4.78, 5) is 2.39. The van der Waals surface area contributed by atoms with Crippen molar-refractivity contribution in [3.05, 3.63) is 0 Å². The van der Waals surface area contributed by atoms with Crippen LogP contribution in [0, 0.1) is 11.8 Å². The molecule has 102 valence electrons. The van der Waals surface area contributed by atoms with E-state index in [4.69, 9.17) is 4.74 Å². The van der Waals surface area contributed by atoms with E-state index in [1.807, 2.05) is 0 Å². The number of ether oxygens (including phenoxy) is 1. The summed E-state index contributed by atoms with van der Waals surface area (Å²) in [5.41, 5.74) is 0. The van der Waals surface area contributed by atoms with E-state index >= 15 is 0 Å². The van der Waals surface area contributed by atoms with Gasteiger partial charge in [0.15, 0.2) is 0 Å². The van der Waals surface area contributed by atoms with Crippen molar-refractivity contribution in [3.8, 4) is 0 Å². The molecule has 0 aromatic heterocycles. The van der Waals surface area contributed by atoms with Crippen LogP contribution >= 0.6 is 0 Å². The largest absolute Gasteiger partial charge is 0.378 e. The van der Waals surface area contributed by atoms with E-state index in [1.165, 1.54) is 45.2 Å². The molecule has 0 aliphatic heterocycles. The van der Waals surface area contributed by atoms with Crippen LogP contribution in [0.4, 0.5) is 0 Å². The van der Waals surface area contributed by atoms with Gasteiger partial charge in [-0.1, -0.05) is 20.8 Å². The molecule has 0 radical (unpaired) electrons. The Morgan fingerprint density at radius 1 is 1.24 bits per heavy atom. The fourth-order valence-electron chi connectivity index (χ4n) is 2.75. The summed E-state index contributed by atoms with van der Waals surface area (Å²) in [7, 11) is 2.20. The zero-order valence-corrected chi connectivity index (χ0v) is 12.2. The standard InChI is InChI=1S/C15H31NO/c1-5-7-16(4)8-6-9-17-15-11-14(12-15)10-13(2)3/h13-15H,5-12H2,1-4H3. The van der Waals surface area contributed by atoms with Crippen molar-refractivity contribution in [1.82, 2.24) is 4.90 Å². The van der Waals surface area contributed by atoms with E-state index in [-0.39, 0.29) is 0 Å². The number of hydrogen-bond acceptors (Lipinski definition) is 2. The Labute approximate surface area is 108 Å². The number of rotatable bonds is 9. The molecule has 1 fully saturated rings. The molecule has 2 nitrogen and oxygen atoms in total. The highest BCUT2D eigenvalue weighted by Gasteiger charge is 2.29. The molecule has 0 saturated heterocycles. The zero-order valence-electron chi connectivity index (χ0n) is 12.2. The van der Waals surface area contributed by atoms with E-state index in [1.54, 1.807) is 0 Å². The highest BCUT2D eigenvalue weighted by Crippen LogP contribution is 2.34. The fourth-order valence-corrected chi connectivity index (χ4v) is 2.75. The highest BCUT2D eigenvalue weighted by molar-refractivity contribution is 4.80. The van der Waals surface area contributed by atoms with Crippen molar-refractivity contribution < 1.29 is 4.74 Å². The van der Waals surface area contributed by atoms with Crippen LogP contribution in [0.2, 0.25) is 0 Å². The van der Waals surface area contributed by atoms with Crippen molar-refractivity contribution >= 4 is 0 Å². The Hall–Kier alpha value is -0.0800. The first-order valence-electron chi connectivity index (χ1n) is 7.42. The summed E-state index contributed by atoms with van der Waals surface area (Å²) in [5, 5.41) is 0. The first-order chi connectivity index (χ1) is 8.11. The molecule has 1 aliphatic rings. The molecule has 2 heteroatoms. The normalized spacial score (nSPS) is 24.4. The van der Waals surface area contributed by atoms with Gasteiger partial charge in [-0.25, -0.2) is 0 Å². The van der Waals surface area contributed by atoms with Gasteiger partial charge in [-0.15, -0.1) is 0 Å². The third kappa shape index (κ3) is 6.42. The van der Waals surface area contributed by atoms with Gasteiger partial charge in [0.1, 0.15) is 0 Å². The third-order valence-corrected chi connectivity index (χ3v) is 3.64. The van der Waals surface area contributed by atoms with Crippen LogP contribution in [0.5, 0.6) is 0 Å². The lowest BCUT2D eigenvalue weighted by molar-refractivity contribution is -0.0375. The van der Waals surface area contributed by atoms with Gasteiger partial charge < -0.3 is 9.64 Å². The van der Waals surface area contributed by atoms with Crippen LogP contribution < -0.4 is 0 Å². The molecule has 1 saturated carbocycles. The van der Waals surface area contributed by atoms with Gasteiger partial charge >= 0.3 is 0 Å². The Morgan fingerprint density at radius 3 is 2.53 bits per heavy atom. The highest BCUT2D eigenvalue weighted by atomic mass is 16.5.